The summed E-state index contributed by atoms with van der Waals surface area (Å²) in [6.45, 7) is 0.594. The Bertz CT molecular complexity index is 313. The third kappa shape index (κ3) is 4.79. The molecule has 88 valence electrons. The highest BCUT2D eigenvalue weighted by atomic mass is 16.5. The van der Waals surface area contributed by atoms with Gasteiger partial charge < -0.3 is 15.6 Å². The molecule has 0 aliphatic carbocycles. The highest BCUT2D eigenvalue weighted by Crippen LogP contribution is 2.09. The average molecular weight is 223 g/mol. The van der Waals surface area contributed by atoms with Crippen LogP contribution in [0.3, 0.4) is 0 Å². The van der Waals surface area contributed by atoms with Crippen molar-refractivity contribution in [3.8, 4) is 5.75 Å². The van der Waals surface area contributed by atoms with E-state index in [1.807, 2.05) is 30.3 Å². The molecule has 16 heavy (non-hydrogen) atoms. The van der Waals surface area contributed by atoms with E-state index >= 15 is 0 Å². The number of ether oxygens (including phenoxy) is 1. The van der Waals surface area contributed by atoms with Gasteiger partial charge in [-0.1, -0.05) is 18.2 Å². The van der Waals surface area contributed by atoms with Gasteiger partial charge in [0.15, 0.2) is 0 Å². The summed E-state index contributed by atoms with van der Waals surface area (Å²) in [6, 6.07) is 8.78. The smallest absolute Gasteiger partial charge is 0.320 e. The molecule has 1 atom stereocenters. The lowest BCUT2D eigenvalue weighted by Gasteiger charge is -2.07. The molecule has 1 aromatic rings. The van der Waals surface area contributed by atoms with Gasteiger partial charge in [0.25, 0.3) is 0 Å². The standard InChI is InChI=1S/C12H17NO3/c13-11(12(14)15)8-4-5-9-16-10-6-2-1-3-7-10/h1-3,6-7,11H,4-5,8-9,13H2,(H,14,15)/t11-/m1/s1. The zero-order valence-electron chi connectivity index (χ0n) is 9.13. The van der Waals surface area contributed by atoms with Crippen LogP contribution in [-0.2, 0) is 4.79 Å². The van der Waals surface area contributed by atoms with E-state index in [1.54, 1.807) is 0 Å². The van der Waals surface area contributed by atoms with Crippen LogP contribution in [0.2, 0.25) is 0 Å². The molecule has 0 spiro atoms. The normalized spacial score (nSPS) is 12.1. The molecule has 0 saturated heterocycles. The Morgan fingerprint density at radius 2 is 2.00 bits per heavy atom. The summed E-state index contributed by atoms with van der Waals surface area (Å²) in [6.07, 6.45) is 2.07. The van der Waals surface area contributed by atoms with Crippen molar-refractivity contribution in [2.75, 3.05) is 6.61 Å². The molecule has 0 aliphatic heterocycles. The number of unbranched alkanes of at least 4 members (excludes halogenated alkanes) is 1. The van der Waals surface area contributed by atoms with Crippen molar-refractivity contribution in [1.29, 1.82) is 0 Å². The van der Waals surface area contributed by atoms with Crippen LogP contribution >= 0.6 is 0 Å². The topological polar surface area (TPSA) is 72.5 Å². The Balaban J connectivity index is 2.07. The van der Waals surface area contributed by atoms with Gasteiger partial charge in [0.05, 0.1) is 6.61 Å². The predicted molar refractivity (Wildman–Crippen MR) is 61.4 cm³/mol. The van der Waals surface area contributed by atoms with Gasteiger partial charge >= 0.3 is 5.97 Å². The maximum atomic E-state index is 10.4. The van der Waals surface area contributed by atoms with Gasteiger partial charge in [-0.2, -0.15) is 0 Å². The number of para-hydroxylation sites is 1. The Morgan fingerprint density at radius 3 is 2.62 bits per heavy atom. The summed E-state index contributed by atoms with van der Waals surface area (Å²) < 4.78 is 5.46. The lowest BCUT2D eigenvalue weighted by molar-refractivity contribution is -0.138. The molecule has 0 saturated carbocycles. The summed E-state index contributed by atoms with van der Waals surface area (Å²) in [5.74, 6) is -0.103. The van der Waals surface area contributed by atoms with Gasteiger partial charge in [0, 0.05) is 0 Å². The number of aliphatic carboxylic acids is 1. The summed E-state index contributed by atoms with van der Waals surface area (Å²) >= 11 is 0. The molecular weight excluding hydrogens is 206 g/mol. The van der Waals surface area contributed by atoms with E-state index in [0.29, 0.717) is 13.0 Å². The van der Waals surface area contributed by atoms with Crippen LogP contribution in [0.4, 0.5) is 0 Å². The summed E-state index contributed by atoms with van der Waals surface area (Å²) in [5.41, 5.74) is 5.37. The van der Waals surface area contributed by atoms with E-state index in [0.717, 1.165) is 18.6 Å². The van der Waals surface area contributed by atoms with Gasteiger partial charge in [-0.3, -0.25) is 4.79 Å². The van der Waals surface area contributed by atoms with Crippen molar-refractivity contribution >= 4 is 5.97 Å². The number of nitrogens with two attached hydrogens (primary N) is 1. The van der Waals surface area contributed by atoms with Crippen molar-refractivity contribution in [2.24, 2.45) is 5.73 Å². The van der Waals surface area contributed by atoms with Gasteiger partial charge in [0.2, 0.25) is 0 Å². The monoisotopic (exact) mass is 223 g/mol. The van der Waals surface area contributed by atoms with Gasteiger partial charge in [0.1, 0.15) is 11.8 Å². The first-order valence-corrected chi connectivity index (χ1v) is 5.36. The van der Waals surface area contributed by atoms with Crippen molar-refractivity contribution in [3.05, 3.63) is 30.3 Å². The van der Waals surface area contributed by atoms with E-state index in [9.17, 15) is 4.79 Å². The first-order valence-electron chi connectivity index (χ1n) is 5.36. The zero-order chi connectivity index (χ0) is 11.8. The number of carboxylic acids is 1. The minimum absolute atomic E-state index is 0.494. The van der Waals surface area contributed by atoms with Crippen LogP contribution in [0, 0.1) is 0 Å². The number of carboxylic acid groups (broad SMARTS) is 1. The minimum atomic E-state index is -0.941. The molecule has 0 bridgehead atoms. The van der Waals surface area contributed by atoms with Crippen molar-refractivity contribution in [1.82, 2.24) is 0 Å². The molecule has 1 rings (SSSR count). The second-order valence-corrected chi connectivity index (χ2v) is 3.60. The summed E-state index contributed by atoms with van der Waals surface area (Å²) in [4.78, 5) is 10.4. The highest BCUT2D eigenvalue weighted by molar-refractivity contribution is 5.72. The van der Waals surface area contributed by atoms with E-state index in [4.69, 9.17) is 15.6 Å². The van der Waals surface area contributed by atoms with Crippen LogP contribution in [0.5, 0.6) is 5.75 Å². The number of rotatable bonds is 7. The molecule has 0 aliphatic rings. The van der Waals surface area contributed by atoms with E-state index in [-0.39, 0.29) is 0 Å². The molecule has 0 amide bonds. The first kappa shape index (κ1) is 12.5. The van der Waals surface area contributed by atoms with Crippen molar-refractivity contribution in [3.63, 3.8) is 0 Å². The van der Waals surface area contributed by atoms with E-state index in [2.05, 4.69) is 0 Å². The van der Waals surface area contributed by atoms with Crippen LogP contribution in [0.25, 0.3) is 0 Å². The molecule has 0 fully saturated rings. The minimum Gasteiger partial charge on any atom is -0.494 e. The first-order chi connectivity index (χ1) is 7.70. The average Bonchev–Trinajstić information content (AvgIpc) is 2.29. The summed E-state index contributed by atoms with van der Waals surface area (Å²) in [5, 5.41) is 8.56. The fourth-order valence-electron chi connectivity index (χ4n) is 1.30. The van der Waals surface area contributed by atoms with E-state index < -0.39 is 12.0 Å². The maximum absolute atomic E-state index is 10.4. The number of hydrogen-bond acceptors (Lipinski definition) is 3. The van der Waals surface area contributed by atoms with Gasteiger partial charge in [-0.05, 0) is 31.4 Å². The molecule has 1 aromatic carbocycles. The third-order valence-electron chi connectivity index (χ3n) is 2.24. The SMILES string of the molecule is N[C@H](CCCCOc1ccccc1)C(=O)O. The highest BCUT2D eigenvalue weighted by Gasteiger charge is 2.09. The Morgan fingerprint density at radius 1 is 1.31 bits per heavy atom. The van der Waals surface area contributed by atoms with Crippen LogP contribution < -0.4 is 10.5 Å². The van der Waals surface area contributed by atoms with Crippen LogP contribution in [0.1, 0.15) is 19.3 Å². The fourth-order valence-corrected chi connectivity index (χ4v) is 1.30. The molecule has 3 N–H and O–H groups in total. The molecule has 0 unspecified atom stereocenters. The van der Waals surface area contributed by atoms with E-state index in [1.165, 1.54) is 0 Å². The molecule has 0 aromatic heterocycles. The quantitative estimate of drug-likeness (QED) is 0.689. The Hall–Kier alpha value is -1.55. The lowest BCUT2D eigenvalue weighted by Crippen LogP contribution is -2.29. The fraction of sp³-hybridized carbons (Fsp3) is 0.417. The molecule has 4 nitrogen and oxygen atoms in total. The predicted octanol–water partition coefficient (Wildman–Crippen LogP) is 1.65. The largest absolute Gasteiger partial charge is 0.494 e. The molecule has 4 heteroatoms. The molecule has 0 radical (unpaired) electrons. The zero-order valence-corrected chi connectivity index (χ0v) is 9.13. The maximum Gasteiger partial charge on any atom is 0.320 e. The number of benzene rings is 1. The number of hydrogen-bond donors (Lipinski definition) is 2. The second-order valence-electron chi connectivity index (χ2n) is 3.60. The Kier molecular flexibility index (Phi) is 5.36. The number of carbonyl (C=O) groups is 1. The van der Waals surface area contributed by atoms with Crippen LogP contribution in [0.15, 0.2) is 30.3 Å². The van der Waals surface area contributed by atoms with Crippen molar-refractivity contribution in [2.45, 2.75) is 25.3 Å². The lowest BCUT2D eigenvalue weighted by atomic mass is 10.1. The molecule has 0 heterocycles. The Labute approximate surface area is 95.0 Å². The summed E-state index contributed by atoms with van der Waals surface area (Å²) in [7, 11) is 0. The van der Waals surface area contributed by atoms with Gasteiger partial charge in [-0.15, -0.1) is 0 Å². The van der Waals surface area contributed by atoms with Crippen LogP contribution in [-0.4, -0.2) is 23.7 Å². The van der Waals surface area contributed by atoms with Gasteiger partial charge in [-0.25, -0.2) is 0 Å². The van der Waals surface area contributed by atoms with Crippen molar-refractivity contribution < 1.29 is 14.6 Å². The molecular formula is C12H17NO3. The second kappa shape index (κ2) is 6.85. The third-order valence-corrected chi connectivity index (χ3v) is 2.24.